The molecule has 0 aliphatic carbocycles. The van der Waals surface area contributed by atoms with Gasteiger partial charge >= 0.3 is 5.97 Å². The van der Waals surface area contributed by atoms with Crippen molar-refractivity contribution in [1.29, 1.82) is 0 Å². The number of carboxylic acid groups (broad SMARTS) is 1. The monoisotopic (exact) mass is 464 g/mol. The summed E-state index contributed by atoms with van der Waals surface area (Å²) in [6.07, 6.45) is 2.59. The zero-order chi connectivity index (χ0) is 23.4. The molecule has 3 aromatic carbocycles. The third-order valence-electron chi connectivity index (χ3n) is 4.86. The Hall–Kier alpha value is -3.84. The number of aliphatic carboxylic acids is 1. The van der Waals surface area contributed by atoms with Gasteiger partial charge in [0, 0.05) is 27.8 Å². The van der Waals surface area contributed by atoms with Gasteiger partial charge in [-0.15, -0.1) is 11.3 Å². The number of carbonyl (C=O) groups is 1. The fourth-order valence-corrected chi connectivity index (χ4v) is 4.54. The molecule has 1 aromatic heterocycles. The van der Waals surface area contributed by atoms with E-state index in [1.54, 1.807) is 37.4 Å². The van der Waals surface area contributed by atoms with Gasteiger partial charge < -0.3 is 19.3 Å². The van der Waals surface area contributed by atoms with Crippen LogP contribution < -0.4 is 14.2 Å². The number of rotatable bonds is 8. The normalized spacial score (nSPS) is 11.1. The van der Waals surface area contributed by atoms with Crippen molar-refractivity contribution in [1.82, 2.24) is 0 Å². The van der Waals surface area contributed by atoms with E-state index >= 15 is 0 Å². The highest BCUT2D eigenvalue weighted by atomic mass is 32.1. The molecule has 0 amide bonds. The maximum Gasteiger partial charge on any atom is 0.328 e. The van der Waals surface area contributed by atoms with Crippen LogP contribution in [0.2, 0.25) is 0 Å². The number of hydrogen-bond acceptors (Lipinski definition) is 5. The van der Waals surface area contributed by atoms with E-state index in [4.69, 9.17) is 19.3 Å². The van der Waals surface area contributed by atoms with Crippen LogP contribution in [0.15, 0.2) is 66.7 Å². The molecular formula is C26H21FO5S. The third-order valence-corrected chi connectivity index (χ3v) is 6.03. The quantitative estimate of drug-likeness (QED) is 0.284. The summed E-state index contributed by atoms with van der Waals surface area (Å²) in [4.78, 5) is 11.5. The van der Waals surface area contributed by atoms with Gasteiger partial charge in [-0.25, -0.2) is 9.18 Å². The smallest absolute Gasteiger partial charge is 0.328 e. The first-order chi connectivity index (χ1) is 16.0. The van der Waals surface area contributed by atoms with E-state index in [0.717, 1.165) is 37.9 Å². The summed E-state index contributed by atoms with van der Waals surface area (Å²) >= 11 is 1.50. The summed E-state index contributed by atoms with van der Waals surface area (Å²) < 4.78 is 32.3. The molecule has 0 bridgehead atoms. The molecule has 0 saturated carbocycles. The Labute approximate surface area is 194 Å². The molecule has 1 heterocycles. The Morgan fingerprint density at radius 2 is 1.82 bits per heavy atom. The van der Waals surface area contributed by atoms with Crippen LogP contribution in [0.1, 0.15) is 12.5 Å². The average Bonchev–Trinajstić information content (AvgIpc) is 3.16. The standard InChI is InChI=1S/C26H21FO5S/c1-3-31-22-14-17(27)7-11-20(22)26-25(21-12-10-19(30-2)15-23(21)33-26)32-18-8-4-16(5-9-18)6-13-24(28)29/h4-15H,3H2,1-2H3,(H,28,29). The van der Waals surface area contributed by atoms with E-state index in [1.807, 2.05) is 25.1 Å². The van der Waals surface area contributed by atoms with Crippen LogP contribution in [0.5, 0.6) is 23.0 Å². The molecule has 0 unspecified atom stereocenters. The van der Waals surface area contributed by atoms with Crippen molar-refractivity contribution >= 4 is 33.5 Å². The van der Waals surface area contributed by atoms with Gasteiger partial charge in [0.2, 0.25) is 0 Å². The molecule has 0 saturated heterocycles. The maximum atomic E-state index is 13.9. The van der Waals surface area contributed by atoms with Crippen molar-refractivity contribution in [3.05, 3.63) is 78.1 Å². The third kappa shape index (κ3) is 4.99. The number of benzene rings is 3. The van der Waals surface area contributed by atoms with Crippen molar-refractivity contribution in [3.8, 4) is 33.4 Å². The molecule has 0 fully saturated rings. The van der Waals surface area contributed by atoms with Crippen LogP contribution in [-0.4, -0.2) is 24.8 Å². The molecule has 33 heavy (non-hydrogen) atoms. The summed E-state index contributed by atoms with van der Waals surface area (Å²) in [6, 6.07) is 17.3. The van der Waals surface area contributed by atoms with E-state index in [1.165, 1.54) is 29.5 Å². The second-order valence-corrected chi connectivity index (χ2v) is 8.09. The summed E-state index contributed by atoms with van der Waals surface area (Å²) in [5.74, 6) is 0.982. The number of carboxylic acids is 1. The lowest BCUT2D eigenvalue weighted by Crippen LogP contribution is -1.95. The van der Waals surface area contributed by atoms with Gasteiger partial charge in [0.25, 0.3) is 0 Å². The van der Waals surface area contributed by atoms with Crippen LogP contribution in [0.4, 0.5) is 4.39 Å². The van der Waals surface area contributed by atoms with E-state index in [9.17, 15) is 9.18 Å². The van der Waals surface area contributed by atoms with Crippen molar-refractivity contribution in [2.75, 3.05) is 13.7 Å². The SMILES string of the molecule is CCOc1cc(F)ccc1-c1sc2cc(OC)ccc2c1Oc1ccc(C=CC(=O)O)cc1. The number of hydrogen-bond donors (Lipinski definition) is 1. The first-order valence-electron chi connectivity index (χ1n) is 10.2. The lowest BCUT2D eigenvalue weighted by molar-refractivity contribution is -0.131. The Morgan fingerprint density at radius 1 is 1.06 bits per heavy atom. The summed E-state index contributed by atoms with van der Waals surface area (Å²) in [5, 5.41) is 9.69. The Balaban J connectivity index is 1.81. The summed E-state index contributed by atoms with van der Waals surface area (Å²) in [5.41, 5.74) is 1.47. The second-order valence-electron chi connectivity index (χ2n) is 7.04. The van der Waals surface area contributed by atoms with E-state index in [2.05, 4.69) is 0 Å². The number of methoxy groups -OCH3 is 1. The molecule has 4 aromatic rings. The lowest BCUT2D eigenvalue weighted by Gasteiger charge is -2.12. The second kappa shape index (κ2) is 9.75. The Morgan fingerprint density at radius 3 is 2.52 bits per heavy atom. The highest BCUT2D eigenvalue weighted by Gasteiger charge is 2.20. The molecule has 0 aliphatic heterocycles. The Kier molecular flexibility index (Phi) is 6.60. The molecule has 0 aliphatic rings. The molecule has 5 nitrogen and oxygen atoms in total. The molecule has 4 rings (SSSR count). The summed E-state index contributed by atoms with van der Waals surface area (Å²) in [6.45, 7) is 2.25. The maximum absolute atomic E-state index is 13.9. The predicted molar refractivity (Wildman–Crippen MR) is 128 cm³/mol. The van der Waals surface area contributed by atoms with Crippen molar-refractivity contribution in [2.24, 2.45) is 0 Å². The van der Waals surface area contributed by atoms with E-state index in [-0.39, 0.29) is 5.82 Å². The minimum Gasteiger partial charge on any atom is -0.497 e. The average molecular weight is 465 g/mol. The molecule has 0 atom stereocenters. The molecular weight excluding hydrogens is 443 g/mol. The van der Waals surface area contributed by atoms with Crippen molar-refractivity contribution in [3.63, 3.8) is 0 Å². The van der Waals surface area contributed by atoms with Gasteiger partial charge in [0.05, 0.1) is 18.6 Å². The van der Waals surface area contributed by atoms with Gasteiger partial charge in [0.1, 0.15) is 23.1 Å². The number of thiophene rings is 1. The molecule has 7 heteroatoms. The number of halogens is 1. The van der Waals surface area contributed by atoms with Gasteiger partial charge in [-0.3, -0.25) is 0 Å². The van der Waals surface area contributed by atoms with Crippen LogP contribution in [-0.2, 0) is 4.79 Å². The van der Waals surface area contributed by atoms with Crippen LogP contribution >= 0.6 is 11.3 Å². The first kappa shape index (κ1) is 22.4. The zero-order valence-electron chi connectivity index (χ0n) is 18.0. The predicted octanol–water partition coefficient (Wildman–Crippen LogP) is 7.00. The minimum absolute atomic E-state index is 0.377. The number of fused-ring (bicyclic) bond motifs is 1. The van der Waals surface area contributed by atoms with Crippen LogP contribution in [0, 0.1) is 5.82 Å². The van der Waals surface area contributed by atoms with Crippen LogP contribution in [0.3, 0.4) is 0 Å². The Bertz CT molecular complexity index is 1320. The zero-order valence-corrected chi connectivity index (χ0v) is 18.8. The summed E-state index contributed by atoms with van der Waals surface area (Å²) in [7, 11) is 1.61. The molecule has 0 spiro atoms. The largest absolute Gasteiger partial charge is 0.497 e. The topological polar surface area (TPSA) is 65.0 Å². The van der Waals surface area contributed by atoms with Gasteiger partial charge in [-0.1, -0.05) is 12.1 Å². The first-order valence-corrected chi connectivity index (χ1v) is 11.0. The molecule has 168 valence electrons. The minimum atomic E-state index is -1.01. The highest BCUT2D eigenvalue weighted by Crippen LogP contribution is 2.49. The van der Waals surface area contributed by atoms with E-state index < -0.39 is 5.97 Å². The molecule has 0 radical (unpaired) electrons. The van der Waals surface area contributed by atoms with E-state index in [0.29, 0.717) is 23.9 Å². The molecule has 1 N–H and O–H groups in total. The van der Waals surface area contributed by atoms with Crippen LogP contribution in [0.25, 0.3) is 26.6 Å². The van der Waals surface area contributed by atoms with Gasteiger partial charge in [0.15, 0.2) is 5.75 Å². The highest BCUT2D eigenvalue weighted by molar-refractivity contribution is 7.22. The fraction of sp³-hybridized carbons (Fsp3) is 0.115. The lowest BCUT2D eigenvalue weighted by atomic mass is 10.1. The van der Waals surface area contributed by atoms with Gasteiger partial charge in [-0.05, 0) is 61.0 Å². The van der Waals surface area contributed by atoms with Gasteiger partial charge in [-0.2, -0.15) is 0 Å². The van der Waals surface area contributed by atoms with Crippen molar-refractivity contribution < 1.29 is 28.5 Å². The number of ether oxygens (including phenoxy) is 3. The fourth-order valence-electron chi connectivity index (χ4n) is 3.35. The van der Waals surface area contributed by atoms with Crippen molar-refractivity contribution in [2.45, 2.75) is 6.92 Å².